The Morgan fingerprint density at radius 1 is 1.08 bits per heavy atom. The van der Waals surface area contributed by atoms with Gasteiger partial charge >= 0.3 is 0 Å². The third kappa shape index (κ3) is 4.19. The summed E-state index contributed by atoms with van der Waals surface area (Å²) in [5.74, 6) is 0.315. The van der Waals surface area contributed by atoms with E-state index in [9.17, 15) is 9.59 Å². The molecule has 2 aliphatic heterocycles. The van der Waals surface area contributed by atoms with Gasteiger partial charge in [-0.05, 0) is 57.2 Å². The van der Waals surface area contributed by atoms with Gasteiger partial charge in [0.15, 0.2) is 5.78 Å². The molecule has 0 spiro atoms. The second-order valence-corrected chi connectivity index (χ2v) is 7.63. The van der Waals surface area contributed by atoms with Gasteiger partial charge in [-0.2, -0.15) is 0 Å². The normalized spacial score (nSPS) is 21.9. The summed E-state index contributed by atoms with van der Waals surface area (Å²) >= 11 is 1.68. The van der Waals surface area contributed by atoms with E-state index in [-0.39, 0.29) is 17.6 Å². The van der Waals surface area contributed by atoms with E-state index < -0.39 is 0 Å². The number of piperidine rings is 1. The van der Waals surface area contributed by atoms with Crippen LogP contribution in [0.3, 0.4) is 0 Å². The maximum atomic E-state index is 12.8. The smallest absolute Gasteiger partial charge is 0.236 e. The van der Waals surface area contributed by atoms with Gasteiger partial charge in [-0.1, -0.05) is 12.1 Å². The van der Waals surface area contributed by atoms with Crippen LogP contribution in [0.2, 0.25) is 0 Å². The first kappa shape index (κ1) is 17.5. The van der Waals surface area contributed by atoms with E-state index in [2.05, 4.69) is 4.90 Å². The molecule has 130 valence electrons. The molecule has 0 saturated carbocycles. The largest absolute Gasteiger partial charge is 0.341 e. The van der Waals surface area contributed by atoms with Crippen molar-refractivity contribution in [2.45, 2.75) is 30.6 Å². The number of benzene rings is 1. The lowest BCUT2D eigenvalue weighted by Crippen LogP contribution is -2.46. The molecular formula is C19H26N2O2S. The van der Waals surface area contributed by atoms with Crippen LogP contribution in [0.5, 0.6) is 0 Å². The lowest BCUT2D eigenvalue weighted by atomic mass is 9.90. The van der Waals surface area contributed by atoms with Crippen LogP contribution in [0.15, 0.2) is 29.2 Å². The molecule has 1 atom stereocenters. The van der Waals surface area contributed by atoms with Gasteiger partial charge in [0.2, 0.25) is 5.91 Å². The van der Waals surface area contributed by atoms with Crippen molar-refractivity contribution in [3.05, 3.63) is 29.8 Å². The second-order valence-electron chi connectivity index (χ2n) is 6.75. The SMILES string of the molecule is CSc1ccc(C(=O)[C@@H]2CCCN(C(=O)CN3CCCC3)C2)cc1. The molecule has 0 aliphatic carbocycles. The molecule has 0 radical (unpaired) electrons. The molecule has 0 N–H and O–H groups in total. The van der Waals surface area contributed by atoms with Gasteiger partial charge in [0.1, 0.15) is 0 Å². The van der Waals surface area contributed by atoms with Crippen LogP contribution in [0, 0.1) is 5.92 Å². The third-order valence-electron chi connectivity index (χ3n) is 5.08. The molecule has 1 aromatic rings. The molecular weight excluding hydrogens is 320 g/mol. The van der Waals surface area contributed by atoms with E-state index >= 15 is 0 Å². The van der Waals surface area contributed by atoms with Crippen molar-refractivity contribution in [2.75, 3.05) is 39.0 Å². The van der Waals surface area contributed by atoms with E-state index in [1.54, 1.807) is 11.8 Å². The monoisotopic (exact) mass is 346 g/mol. The quantitative estimate of drug-likeness (QED) is 0.607. The molecule has 2 saturated heterocycles. The van der Waals surface area contributed by atoms with Crippen LogP contribution in [-0.2, 0) is 4.79 Å². The number of rotatable bonds is 5. The minimum Gasteiger partial charge on any atom is -0.341 e. The van der Waals surface area contributed by atoms with Crippen molar-refractivity contribution in [1.29, 1.82) is 0 Å². The zero-order valence-corrected chi connectivity index (χ0v) is 15.2. The Bertz CT molecular complexity index is 582. The zero-order chi connectivity index (χ0) is 16.9. The van der Waals surface area contributed by atoms with Crippen molar-refractivity contribution >= 4 is 23.5 Å². The Kier molecular flexibility index (Phi) is 5.95. The van der Waals surface area contributed by atoms with Crippen molar-refractivity contribution in [2.24, 2.45) is 5.92 Å². The maximum Gasteiger partial charge on any atom is 0.236 e. The second kappa shape index (κ2) is 8.17. The predicted octanol–water partition coefficient (Wildman–Crippen LogP) is 2.93. The van der Waals surface area contributed by atoms with Gasteiger partial charge < -0.3 is 4.90 Å². The first-order chi connectivity index (χ1) is 11.7. The lowest BCUT2D eigenvalue weighted by Gasteiger charge is -2.33. The zero-order valence-electron chi connectivity index (χ0n) is 14.4. The standard InChI is InChI=1S/C19H26N2O2S/c1-24-17-8-6-15(7-9-17)19(23)16-5-4-12-21(13-16)18(22)14-20-10-2-3-11-20/h6-9,16H,2-5,10-14H2,1H3/t16-/m1/s1. The van der Waals surface area contributed by atoms with Crippen LogP contribution < -0.4 is 0 Å². The summed E-state index contributed by atoms with van der Waals surface area (Å²) in [6, 6.07) is 7.83. The van der Waals surface area contributed by atoms with Crippen LogP contribution >= 0.6 is 11.8 Å². The number of nitrogens with zero attached hydrogens (tertiary/aromatic N) is 2. The highest BCUT2D eigenvalue weighted by molar-refractivity contribution is 7.98. The summed E-state index contributed by atoms with van der Waals surface area (Å²) in [5, 5.41) is 0. The first-order valence-corrected chi connectivity index (χ1v) is 10.1. The summed E-state index contributed by atoms with van der Waals surface area (Å²) in [7, 11) is 0. The summed E-state index contributed by atoms with van der Waals surface area (Å²) in [5.41, 5.74) is 0.770. The maximum absolute atomic E-state index is 12.8. The number of Topliss-reactive ketones (excluding diaryl/α,β-unsaturated/α-hetero) is 1. The molecule has 0 bridgehead atoms. The number of hydrogen-bond donors (Lipinski definition) is 0. The van der Waals surface area contributed by atoms with Crippen molar-refractivity contribution in [3.8, 4) is 0 Å². The fraction of sp³-hybridized carbons (Fsp3) is 0.579. The first-order valence-electron chi connectivity index (χ1n) is 8.86. The molecule has 1 aromatic carbocycles. The van der Waals surface area contributed by atoms with E-state index in [4.69, 9.17) is 0 Å². The predicted molar refractivity (Wildman–Crippen MR) is 97.5 cm³/mol. The van der Waals surface area contributed by atoms with Gasteiger partial charge in [-0.15, -0.1) is 11.8 Å². The van der Waals surface area contributed by atoms with Crippen molar-refractivity contribution in [3.63, 3.8) is 0 Å². The van der Waals surface area contributed by atoms with Crippen molar-refractivity contribution in [1.82, 2.24) is 9.80 Å². The fourth-order valence-electron chi connectivity index (χ4n) is 3.64. The molecule has 3 rings (SSSR count). The number of carbonyl (C=O) groups is 2. The topological polar surface area (TPSA) is 40.6 Å². The Balaban J connectivity index is 1.59. The van der Waals surface area contributed by atoms with Crippen LogP contribution in [-0.4, -0.2) is 60.5 Å². The van der Waals surface area contributed by atoms with Gasteiger partial charge in [-0.25, -0.2) is 0 Å². The summed E-state index contributed by atoms with van der Waals surface area (Å²) in [4.78, 5) is 30.6. The highest BCUT2D eigenvalue weighted by Crippen LogP contribution is 2.23. The van der Waals surface area contributed by atoms with Gasteiger partial charge in [0.25, 0.3) is 0 Å². The molecule has 1 amide bonds. The summed E-state index contributed by atoms with van der Waals surface area (Å²) < 4.78 is 0. The van der Waals surface area contributed by atoms with E-state index in [0.29, 0.717) is 13.1 Å². The number of ketones is 1. The van der Waals surface area contributed by atoms with Crippen LogP contribution in [0.25, 0.3) is 0 Å². The highest BCUT2D eigenvalue weighted by atomic mass is 32.2. The van der Waals surface area contributed by atoms with E-state index in [1.807, 2.05) is 35.4 Å². The van der Waals surface area contributed by atoms with Crippen LogP contribution in [0.4, 0.5) is 0 Å². The Morgan fingerprint density at radius 3 is 2.46 bits per heavy atom. The average molecular weight is 346 g/mol. The summed E-state index contributed by atoms with van der Waals surface area (Å²) in [6.45, 7) is 3.95. The Labute approximate surface area is 148 Å². The Morgan fingerprint density at radius 2 is 1.79 bits per heavy atom. The van der Waals surface area contributed by atoms with Gasteiger partial charge in [0.05, 0.1) is 6.54 Å². The average Bonchev–Trinajstić information content (AvgIpc) is 3.14. The van der Waals surface area contributed by atoms with Gasteiger partial charge in [-0.3, -0.25) is 14.5 Å². The summed E-state index contributed by atoms with van der Waals surface area (Å²) in [6.07, 6.45) is 6.23. The molecule has 4 nitrogen and oxygen atoms in total. The van der Waals surface area contributed by atoms with Crippen molar-refractivity contribution < 1.29 is 9.59 Å². The van der Waals surface area contributed by atoms with Crippen LogP contribution in [0.1, 0.15) is 36.0 Å². The molecule has 2 heterocycles. The molecule has 0 unspecified atom stereocenters. The Hall–Kier alpha value is -1.33. The highest BCUT2D eigenvalue weighted by Gasteiger charge is 2.29. The van der Waals surface area contributed by atoms with Gasteiger partial charge in [0, 0.05) is 29.5 Å². The van der Waals surface area contributed by atoms with E-state index in [0.717, 1.165) is 42.9 Å². The number of carbonyl (C=O) groups excluding carboxylic acids is 2. The molecule has 2 aliphatic rings. The molecule has 0 aromatic heterocycles. The number of amides is 1. The lowest BCUT2D eigenvalue weighted by molar-refractivity contribution is -0.133. The number of likely N-dealkylation sites (tertiary alicyclic amines) is 2. The fourth-order valence-corrected chi connectivity index (χ4v) is 4.05. The number of hydrogen-bond acceptors (Lipinski definition) is 4. The number of thioether (sulfide) groups is 1. The molecule has 2 fully saturated rings. The minimum absolute atomic E-state index is 0.0543. The minimum atomic E-state index is -0.0543. The molecule has 5 heteroatoms. The molecule has 24 heavy (non-hydrogen) atoms. The van der Waals surface area contributed by atoms with E-state index in [1.165, 1.54) is 12.8 Å². The third-order valence-corrected chi connectivity index (χ3v) is 5.82.